The summed E-state index contributed by atoms with van der Waals surface area (Å²) in [5.74, 6) is -0.101. The SMILES string of the molecule is CC(NC(=O)CC1CCCO1)c1cccc(S(N)(=O)=O)c1. The Hall–Kier alpha value is -1.44. The minimum absolute atomic E-state index is 0.00652. The summed E-state index contributed by atoms with van der Waals surface area (Å²) in [6.45, 7) is 2.51. The zero-order valence-corrected chi connectivity index (χ0v) is 12.7. The molecule has 1 amide bonds. The van der Waals surface area contributed by atoms with Crippen LogP contribution in [0.5, 0.6) is 0 Å². The van der Waals surface area contributed by atoms with E-state index in [9.17, 15) is 13.2 Å². The van der Waals surface area contributed by atoms with Crippen LogP contribution >= 0.6 is 0 Å². The van der Waals surface area contributed by atoms with Crippen LogP contribution in [0, 0.1) is 0 Å². The molecule has 2 unspecified atom stereocenters. The highest BCUT2D eigenvalue weighted by atomic mass is 32.2. The van der Waals surface area contributed by atoms with Gasteiger partial charge in [0.25, 0.3) is 0 Å². The minimum atomic E-state index is -3.74. The number of hydrogen-bond donors (Lipinski definition) is 2. The van der Waals surface area contributed by atoms with Crippen LogP contribution in [0.15, 0.2) is 29.2 Å². The summed E-state index contributed by atoms with van der Waals surface area (Å²) >= 11 is 0. The second-order valence-electron chi connectivity index (χ2n) is 5.25. The Bertz CT molecular complexity index is 609. The average molecular weight is 312 g/mol. The van der Waals surface area contributed by atoms with Gasteiger partial charge in [0.05, 0.1) is 23.5 Å². The third-order valence-corrected chi connectivity index (χ3v) is 4.41. The topological polar surface area (TPSA) is 98.5 Å². The highest BCUT2D eigenvalue weighted by Gasteiger charge is 2.20. The van der Waals surface area contributed by atoms with E-state index in [1.54, 1.807) is 19.1 Å². The van der Waals surface area contributed by atoms with E-state index in [1.165, 1.54) is 12.1 Å². The molecule has 3 N–H and O–H groups in total. The summed E-state index contributed by atoms with van der Waals surface area (Å²) in [6.07, 6.45) is 2.22. The van der Waals surface area contributed by atoms with E-state index in [4.69, 9.17) is 9.88 Å². The van der Waals surface area contributed by atoms with Gasteiger partial charge in [-0.05, 0) is 37.5 Å². The second-order valence-corrected chi connectivity index (χ2v) is 6.81. The van der Waals surface area contributed by atoms with Crippen molar-refractivity contribution in [1.82, 2.24) is 5.32 Å². The Labute approximate surface area is 124 Å². The van der Waals surface area contributed by atoms with Crippen molar-refractivity contribution in [3.63, 3.8) is 0 Å². The number of ether oxygens (including phenoxy) is 1. The molecular weight excluding hydrogens is 292 g/mol. The maximum absolute atomic E-state index is 11.9. The number of primary sulfonamides is 1. The molecule has 0 radical (unpaired) electrons. The number of rotatable bonds is 5. The Balaban J connectivity index is 1.99. The molecule has 1 heterocycles. The molecule has 2 rings (SSSR count). The van der Waals surface area contributed by atoms with Crippen molar-refractivity contribution in [3.8, 4) is 0 Å². The molecule has 2 atom stereocenters. The van der Waals surface area contributed by atoms with Gasteiger partial charge in [0, 0.05) is 6.61 Å². The summed E-state index contributed by atoms with van der Waals surface area (Å²) in [5.41, 5.74) is 0.696. The van der Waals surface area contributed by atoms with Crippen molar-refractivity contribution in [2.24, 2.45) is 5.14 Å². The Kier molecular flexibility index (Phi) is 4.97. The van der Waals surface area contributed by atoms with Crippen molar-refractivity contribution in [1.29, 1.82) is 0 Å². The molecule has 0 saturated carbocycles. The normalized spacial score (nSPS) is 20.2. The molecule has 1 aliphatic rings. The molecule has 0 aromatic heterocycles. The van der Waals surface area contributed by atoms with E-state index in [0.717, 1.165) is 12.8 Å². The maximum Gasteiger partial charge on any atom is 0.238 e. The molecule has 21 heavy (non-hydrogen) atoms. The van der Waals surface area contributed by atoms with E-state index < -0.39 is 10.0 Å². The van der Waals surface area contributed by atoms with Gasteiger partial charge < -0.3 is 10.1 Å². The van der Waals surface area contributed by atoms with E-state index in [1.807, 2.05) is 0 Å². The first-order valence-corrected chi connectivity index (χ1v) is 8.44. The monoisotopic (exact) mass is 312 g/mol. The first-order chi connectivity index (χ1) is 9.86. The number of nitrogens with one attached hydrogen (secondary N) is 1. The zero-order chi connectivity index (χ0) is 15.5. The highest BCUT2D eigenvalue weighted by Crippen LogP contribution is 2.18. The second kappa shape index (κ2) is 6.55. The van der Waals surface area contributed by atoms with Crippen molar-refractivity contribution in [3.05, 3.63) is 29.8 Å². The summed E-state index contributed by atoms with van der Waals surface area (Å²) in [7, 11) is -3.74. The zero-order valence-electron chi connectivity index (χ0n) is 11.9. The smallest absolute Gasteiger partial charge is 0.238 e. The number of hydrogen-bond acceptors (Lipinski definition) is 4. The quantitative estimate of drug-likeness (QED) is 0.850. The third-order valence-electron chi connectivity index (χ3n) is 3.50. The van der Waals surface area contributed by atoms with Gasteiger partial charge in [-0.15, -0.1) is 0 Å². The predicted octanol–water partition coefficient (Wildman–Crippen LogP) is 1.08. The van der Waals surface area contributed by atoms with Crippen LogP contribution in [0.3, 0.4) is 0 Å². The molecule has 0 aliphatic carbocycles. The van der Waals surface area contributed by atoms with Crippen LogP contribution < -0.4 is 10.5 Å². The van der Waals surface area contributed by atoms with Gasteiger partial charge in [-0.1, -0.05) is 12.1 Å². The number of carbonyl (C=O) groups excluding carboxylic acids is 1. The summed E-state index contributed by atoms with van der Waals surface area (Å²) < 4.78 is 28.1. The number of amides is 1. The first-order valence-electron chi connectivity index (χ1n) is 6.90. The lowest BCUT2D eigenvalue weighted by Gasteiger charge is -2.16. The molecule has 1 aromatic rings. The lowest BCUT2D eigenvalue weighted by molar-refractivity contribution is -0.123. The standard InChI is InChI=1S/C14H20N2O4S/c1-10(16-14(17)9-12-5-3-7-20-12)11-4-2-6-13(8-11)21(15,18)19/h2,4,6,8,10,12H,3,5,7,9H2,1H3,(H,16,17)(H2,15,18,19). The van der Waals surface area contributed by atoms with Crippen molar-refractivity contribution >= 4 is 15.9 Å². The fourth-order valence-electron chi connectivity index (χ4n) is 2.36. The van der Waals surface area contributed by atoms with Gasteiger partial charge in [-0.2, -0.15) is 0 Å². The predicted molar refractivity (Wildman–Crippen MR) is 78.0 cm³/mol. The molecular formula is C14H20N2O4S. The molecule has 0 spiro atoms. The molecule has 116 valence electrons. The molecule has 1 aromatic carbocycles. The lowest BCUT2D eigenvalue weighted by Crippen LogP contribution is -2.29. The van der Waals surface area contributed by atoms with Gasteiger partial charge in [0.2, 0.25) is 15.9 Å². The molecule has 6 nitrogen and oxygen atoms in total. The van der Waals surface area contributed by atoms with Crippen LogP contribution in [-0.4, -0.2) is 27.0 Å². The number of sulfonamides is 1. The molecule has 7 heteroatoms. The number of nitrogens with two attached hydrogens (primary N) is 1. The van der Waals surface area contributed by atoms with Crippen molar-refractivity contribution in [2.75, 3.05) is 6.61 Å². The molecule has 0 bridgehead atoms. The van der Waals surface area contributed by atoms with Crippen LogP contribution in [-0.2, 0) is 19.6 Å². The first kappa shape index (κ1) is 15.9. The van der Waals surface area contributed by atoms with Crippen LogP contribution in [0.2, 0.25) is 0 Å². The van der Waals surface area contributed by atoms with Gasteiger partial charge in [0.1, 0.15) is 0 Å². The Morgan fingerprint density at radius 2 is 2.29 bits per heavy atom. The number of carbonyl (C=O) groups is 1. The van der Waals surface area contributed by atoms with Crippen LogP contribution in [0.4, 0.5) is 0 Å². The Morgan fingerprint density at radius 1 is 1.52 bits per heavy atom. The number of benzene rings is 1. The van der Waals surface area contributed by atoms with E-state index >= 15 is 0 Å². The van der Waals surface area contributed by atoms with E-state index in [-0.39, 0.29) is 22.9 Å². The van der Waals surface area contributed by atoms with Crippen LogP contribution in [0.1, 0.15) is 37.8 Å². The third kappa shape index (κ3) is 4.52. The fourth-order valence-corrected chi connectivity index (χ4v) is 2.93. The van der Waals surface area contributed by atoms with Crippen molar-refractivity contribution < 1.29 is 17.9 Å². The van der Waals surface area contributed by atoms with Crippen molar-refractivity contribution in [2.45, 2.75) is 43.2 Å². The lowest BCUT2D eigenvalue weighted by atomic mass is 10.1. The van der Waals surface area contributed by atoms with Crippen LogP contribution in [0.25, 0.3) is 0 Å². The molecule has 1 fully saturated rings. The van der Waals surface area contributed by atoms with E-state index in [0.29, 0.717) is 18.6 Å². The largest absolute Gasteiger partial charge is 0.378 e. The Morgan fingerprint density at radius 3 is 2.90 bits per heavy atom. The van der Waals surface area contributed by atoms with E-state index in [2.05, 4.69) is 5.32 Å². The average Bonchev–Trinajstić information content (AvgIpc) is 2.90. The summed E-state index contributed by atoms with van der Waals surface area (Å²) in [4.78, 5) is 12.0. The van der Waals surface area contributed by atoms with Gasteiger partial charge >= 0.3 is 0 Å². The van der Waals surface area contributed by atoms with Gasteiger partial charge in [-0.25, -0.2) is 13.6 Å². The minimum Gasteiger partial charge on any atom is -0.378 e. The fraction of sp³-hybridized carbons (Fsp3) is 0.500. The molecule has 1 aliphatic heterocycles. The highest BCUT2D eigenvalue weighted by molar-refractivity contribution is 7.89. The van der Waals surface area contributed by atoms with Gasteiger partial charge in [-0.3, -0.25) is 4.79 Å². The maximum atomic E-state index is 11.9. The molecule has 1 saturated heterocycles. The summed E-state index contributed by atoms with van der Waals surface area (Å²) in [6, 6.07) is 5.98. The van der Waals surface area contributed by atoms with Gasteiger partial charge in [0.15, 0.2) is 0 Å². The summed E-state index contributed by atoms with van der Waals surface area (Å²) in [5, 5.41) is 7.95.